The number of unbranched alkanes of at least 4 members (excludes halogenated alkanes) is 1. The number of benzene rings is 1. The minimum Gasteiger partial charge on any atom is -0.378 e. The summed E-state index contributed by atoms with van der Waals surface area (Å²) in [5.41, 5.74) is 2.29. The number of hydrogen-bond donors (Lipinski definition) is 0. The minimum absolute atomic E-state index is 0.571. The fourth-order valence-electron chi connectivity index (χ4n) is 2.66. The maximum absolute atomic E-state index is 8.70. The van der Waals surface area contributed by atoms with Gasteiger partial charge in [0.25, 0.3) is 0 Å². The Morgan fingerprint density at radius 2 is 2.04 bits per heavy atom. The van der Waals surface area contributed by atoms with Crippen LogP contribution in [0.25, 0.3) is 5.69 Å². The molecule has 0 spiro atoms. The van der Waals surface area contributed by atoms with E-state index < -0.39 is 0 Å². The summed E-state index contributed by atoms with van der Waals surface area (Å²) in [4.78, 5) is 2.22. The highest BCUT2D eigenvalue weighted by Gasteiger charge is 2.22. The van der Waals surface area contributed by atoms with Crippen molar-refractivity contribution in [2.24, 2.45) is 0 Å². The Balaban J connectivity index is 1.93. The van der Waals surface area contributed by atoms with E-state index in [1.807, 2.05) is 12.1 Å². The van der Waals surface area contributed by atoms with E-state index in [2.05, 4.69) is 44.8 Å². The number of para-hydroxylation sites is 1. The number of aromatic nitrogens is 3. The summed E-state index contributed by atoms with van der Waals surface area (Å²) in [6.07, 6.45) is 1.43. The summed E-state index contributed by atoms with van der Waals surface area (Å²) in [7, 11) is 0. The molecule has 1 saturated heterocycles. The van der Waals surface area contributed by atoms with Gasteiger partial charge >= 0.3 is 0 Å². The fraction of sp³-hybridized carbons (Fsp3) is 0.471. The lowest BCUT2D eigenvalue weighted by Gasteiger charge is -2.28. The third kappa shape index (κ3) is 3.71. The van der Waals surface area contributed by atoms with Gasteiger partial charge in [0, 0.05) is 25.3 Å². The van der Waals surface area contributed by atoms with Gasteiger partial charge in [0.15, 0.2) is 5.16 Å². The van der Waals surface area contributed by atoms with Gasteiger partial charge in [-0.05, 0) is 25.0 Å². The molecule has 1 aliphatic rings. The number of ether oxygens (including phenoxy) is 1. The molecular weight excluding hydrogens is 322 g/mol. The largest absolute Gasteiger partial charge is 0.378 e. The number of aryl methyl sites for hydroxylation is 1. The Morgan fingerprint density at radius 1 is 1.25 bits per heavy atom. The molecular formula is C17H21N5OS. The molecule has 0 N–H and O–H groups in total. The molecule has 1 aliphatic heterocycles. The molecule has 0 bridgehead atoms. The summed E-state index contributed by atoms with van der Waals surface area (Å²) in [6.45, 7) is 5.17. The van der Waals surface area contributed by atoms with Crippen LogP contribution in [0.2, 0.25) is 0 Å². The monoisotopic (exact) mass is 343 g/mol. The number of morpholine rings is 1. The van der Waals surface area contributed by atoms with Gasteiger partial charge in [-0.3, -0.25) is 4.57 Å². The van der Waals surface area contributed by atoms with E-state index in [1.54, 1.807) is 11.8 Å². The van der Waals surface area contributed by atoms with Gasteiger partial charge in [-0.2, -0.15) is 5.26 Å². The van der Waals surface area contributed by atoms with Crippen molar-refractivity contribution in [3.63, 3.8) is 0 Å². The highest BCUT2D eigenvalue weighted by Crippen LogP contribution is 2.29. The van der Waals surface area contributed by atoms with Gasteiger partial charge in [-0.15, -0.1) is 10.2 Å². The molecule has 0 unspecified atom stereocenters. The third-order valence-electron chi connectivity index (χ3n) is 3.93. The molecule has 7 heteroatoms. The van der Waals surface area contributed by atoms with Crippen molar-refractivity contribution in [3.05, 3.63) is 29.8 Å². The van der Waals surface area contributed by atoms with E-state index in [0.717, 1.165) is 42.1 Å². The predicted octanol–water partition coefficient (Wildman–Crippen LogP) is 2.81. The first-order valence-corrected chi connectivity index (χ1v) is 9.13. The number of nitrogens with zero attached hydrogens (tertiary/aromatic N) is 5. The van der Waals surface area contributed by atoms with Crippen LogP contribution in [-0.4, -0.2) is 46.8 Å². The highest BCUT2D eigenvalue weighted by atomic mass is 32.2. The molecule has 0 atom stereocenters. The maximum Gasteiger partial charge on any atom is 0.232 e. The molecule has 0 aliphatic carbocycles. The van der Waals surface area contributed by atoms with E-state index in [-0.39, 0.29) is 0 Å². The molecule has 24 heavy (non-hydrogen) atoms. The molecule has 6 nitrogen and oxygen atoms in total. The zero-order chi connectivity index (χ0) is 16.8. The fourth-order valence-corrected chi connectivity index (χ4v) is 3.54. The molecule has 0 amide bonds. The standard InChI is InChI=1S/C17H21N5OS/c1-14-6-2-3-7-15(14)22-16(21-9-11-23-12-10-21)19-20-17(22)24-13-5-4-8-18/h2-3,6-7H,4-5,9-13H2,1H3. The van der Waals surface area contributed by atoms with Crippen molar-refractivity contribution in [1.82, 2.24) is 14.8 Å². The van der Waals surface area contributed by atoms with Crippen molar-refractivity contribution >= 4 is 17.7 Å². The molecule has 0 saturated carbocycles. The summed E-state index contributed by atoms with van der Waals surface area (Å²) >= 11 is 1.66. The van der Waals surface area contributed by atoms with Crippen LogP contribution in [0.5, 0.6) is 0 Å². The zero-order valence-electron chi connectivity index (χ0n) is 13.8. The summed E-state index contributed by atoms with van der Waals surface area (Å²) < 4.78 is 7.59. The molecule has 1 aromatic heterocycles. The third-order valence-corrected chi connectivity index (χ3v) is 4.95. The molecule has 126 valence electrons. The molecule has 0 radical (unpaired) electrons. The lowest BCUT2D eigenvalue weighted by Crippen LogP contribution is -2.38. The van der Waals surface area contributed by atoms with Crippen LogP contribution in [0.3, 0.4) is 0 Å². The zero-order valence-corrected chi connectivity index (χ0v) is 14.6. The Kier molecular flexibility index (Phi) is 5.72. The van der Waals surface area contributed by atoms with Crippen molar-refractivity contribution in [2.45, 2.75) is 24.9 Å². The minimum atomic E-state index is 0.571. The number of rotatable bonds is 6. The van der Waals surface area contributed by atoms with Gasteiger partial charge in [-0.25, -0.2) is 0 Å². The predicted molar refractivity (Wildman–Crippen MR) is 94.7 cm³/mol. The van der Waals surface area contributed by atoms with E-state index in [0.29, 0.717) is 19.6 Å². The van der Waals surface area contributed by atoms with Gasteiger partial charge in [0.1, 0.15) is 0 Å². The Bertz CT molecular complexity index is 718. The van der Waals surface area contributed by atoms with Gasteiger partial charge in [0.2, 0.25) is 5.95 Å². The number of anilines is 1. The lowest BCUT2D eigenvalue weighted by molar-refractivity contribution is 0.122. The van der Waals surface area contributed by atoms with Crippen molar-refractivity contribution in [2.75, 3.05) is 37.0 Å². The quantitative estimate of drug-likeness (QED) is 0.593. The normalized spacial score (nSPS) is 14.6. The topological polar surface area (TPSA) is 67.0 Å². The first kappa shape index (κ1) is 16.8. The first-order valence-electron chi connectivity index (χ1n) is 8.15. The number of nitriles is 1. The van der Waals surface area contributed by atoms with Crippen molar-refractivity contribution in [1.29, 1.82) is 5.26 Å². The van der Waals surface area contributed by atoms with Crippen molar-refractivity contribution in [3.8, 4) is 11.8 Å². The Labute approximate surface area is 146 Å². The average Bonchev–Trinajstić information content (AvgIpc) is 3.03. The summed E-state index contributed by atoms with van der Waals surface area (Å²) in [5, 5.41) is 18.4. The van der Waals surface area contributed by atoms with Crippen LogP contribution in [0.4, 0.5) is 5.95 Å². The Morgan fingerprint density at radius 3 is 2.79 bits per heavy atom. The van der Waals surface area contributed by atoms with Crippen LogP contribution >= 0.6 is 11.8 Å². The first-order chi connectivity index (χ1) is 11.8. The van der Waals surface area contributed by atoms with Crippen LogP contribution in [-0.2, 0) is 4.74 Å². The van der Waals surface area contributed by atoms with Crippen LogP contribution in [0.15, 0.2) is 29.4 Å². The van der Waals surface area contributed by atoms with Crippen LogP contribution < -0.4 is 4.90 Å². The molecule has 1 aromatic carbocycles. The molecule has 2 heterocycles. The van der Waals surface area contributed by atoms with Crippen molar-refractivity contribution < 1.29 is 4.74 Å². The van der Waals surface area contributed by atoms with Gasteiger partial charge < -0.3 is 9.64 Å². The number of thioether (sulfide) groups is 1. The van der Waals surface area contributed by atoms with Crippen LogP contribution in [0.1, 0.15) is 18.4 Å². The van der Waals surface area contributed by atoms with Gasteiger partial charge in [-0.1, -0.05) is 30.0 Å². The smallest absolute Gasteiger partial charge is 0.232 e. The second-order valence-corrected chi connectivity index (χ2v) is 6.68. The summed E-state index contributed by atoms with van der Waals surface area (Å²) in [6, 6.07) is 10.5. The molecule has 2 aromatic rings. The average molecular weight is 343 g/mol. The van der Waals surface area contributed by atoms with E-state index in [9.17, 15) is 0 Å². The lowest BCUT2D eigenvalue weighted by atomic mass is 10.2. The second-order valence-electron chi connectivity index (χ2n) is 5.61. The van der Waals surface area contributed by atoms with Crippen LogP contribution in [0, 0.1) is 18.3 Å². The van der Waals surface area contributed by atoms with E-state index in [4.69, 9.17) is 10.00 Å². The molecule has 3 rings (SSSR count). The van der Waals surface area contributed by atoms with E-state index >= 15 is 0 Å². The Hall–Kier alpha value is -2.04. The second kappa shape index (κ2) is 8.18. The SMILES string of the molecule is Cc1ccccc1-n1c(SCCCC#N)nnc1N1CCOCC1. The van der Waals surface area contributed by atoms with E-state index in [1.165, 1.54) is 5.56 Å². The number of hydrogen-bond acceptors (Lipinski definition) is 6. The highest BCUT2D eigenvalue weighted by molar-refractivity contribution is 7.99. The summed E-state index contributed by atoms with van der Waals surface area (Å²) in [5.74, 6) is 1.73. The van der Waals surface area contributed by atoms with Gasteiger partial charge in [0.05, 0.1) is 25.0 Å². The maximum atomic E-state index is 8.70. The molecule has 1 fully saturated rings.